The Hall–Kier alpha value is -2.25. The van der Waals surface area contributed by atoms with Gasteiger partial charge in [0, 0.05) is 31.1 Å². The van der Waals surface area contributed by atoms with Crippen molar-refractivity contribution in [3.63, 3.8) is 0 Å². The van der Waals surface area contributed by atoms with Crippen molar-refractivity contribution in [1.82, 2.24) is 9.21 Å². The molecule has 1 aliphatic heterocycles. The van der Waals surface area contributed by atoms with Crippen LogP contribution in [0.3, 0.4) is 0 Å². The van der Waals surface area contributed by atoms with Gasteiger partial charge in [-0.25, -0.2) is 8.42 Å². The van der Waals surface area contributed by atoms with Gasteiger partial charge in [-0.3, -0.25) is 9.69 Å². The van der Waals surface area contributed by atoms with Crippen LogP contribution in [0.2, 0.25) is 0 Å². The average molecular weight is 473 g/mol. The van der Waals surface area contributed by atoms with Crippen molar-refractivity contribution in [2.24, 2.45) is 0 Å². The highest BCUT2D eigenvalue weighted by molar-refractivity contribution is 7.89. The van der Waals surface area contributed by atoms with Crippen LogP contribution in [0.15, 0.2) is 35.2 Å². The second-order valence-electron chi connectivity index (χ2n) is 8.28. The van der Waals surface area contributed by atoms with Crippen molar-refractivity contribution in [2.75, 3.05) is 38.0 Å². The van der Waals surface area contributed by atoms with Crippen LogP contribution in [0.25, 0.3) is 0 Å². The van der Waals surface area contributed by atoms with Crippen LogP contribution in [0.5, 0.6) is 0 Å². The van der Waals surface area contributed by atoms with Gasteiger partial charge in [-0.2, -0.15) is 9.57 Å². The number of nitrogens with zero attached hydrogens (tertiary/aromatic N) is 3. The SMILES string of the molecule is N#Cc1c(NC(=O)CN2CCN(S(=O)(=O)c3ccccc3)CC2)sc2c1CCCCCC2. The minimum Gasteiger partial charge on any atom is -0.315 e. The smallest absolute Gasteiger partial charge is 0.243 e. The van der Waals surface area contributed by atoms with Crippen LogP contribution in [0.1, 0.15) is 41.7 Å². The van der Waals surface area contributed by atoms with Gasteiger partial charge in [0.2, 0.25) is 15.9 Å². The highest BCUT2D eigenvalue weighted by atomic mass is 32.2. The van der Waals surface area contributed by atoms with Gasteiger partial charge < -0.3 is 5.32 Å². The van der Waals surface area contributed by atoms with Gasteiger partial charge in [-0.1, -0.05) is 31.0 Å². The van der Waals surface area contributed by atoms with E-state index in [-0.39, 0.29) is 12.5 Å². The Balaban J connectivity index is 1.35. The van der Waals surface area contributed by atoms with Crippen LogP contribution >= 0.6 is 11.3 Å². The number of sulfonamides is 1. The fourth-order valence-corrected chi connectivity index (χ4v) is 7.06. The van der Waals surface area contributed by atoms with Crippen molar-refractivity contribution < 1.29 is 13.2 Å². The van der Waals surface area contributed by atoms with E-state index in [4.69, 9.17) is 0 Å². The molecule has 1 aliphatic carbocycles. The molecule has 0 atom stereocenters. The number of aryl methyl sites for hydroxylation is 1. The zero-order chi connectivity index (χ0) is 22.6. The Kier molecular flexibility index (Phi) is 7.26. The summed E-state index contributed by atoms with van der Waals surface area (Å²) in [7, 11) is -3.51. The van der Waals surface area contributed by atoms with E-state index < -0.39 is 10.0 Å². The maximum Gasteiger partial charge on any atom is 0.243 e. The fourth-order valence-electron chi connectivity index (χ4n) is 4.36. The molecule has 0 saturated carbocycles. The number of hydrogen-bond acceptors (Lipinski definition) is 6. The van der Waals surface area contributed by atoms with E-state index in [0.29, 0.717) is 41.6 Å². The summed E-state index contributed by atoms with van der Waals surface area (Å²) in [5, 5.41) is 13.3. The van der Waals surface area contributed by atoms with E-state index in [1.807, 2.05) is 4.90 Å². The van der Waals surface area contributed by atoms with Gasteiger partial charge in [0.05, 0.1) is 17.0 Å². The first kappa shape index (κ1) is 22.9. The molecule has 9 heteroatoms. The fraction of sp³-hybridized carbons (Fsp3) is 0.478. The van der Waals surface area contributed by atoms with Gasteiger partial charge in [-0.05, 0) is 43.4 Å². The maximum atomic E-state index is 12.8. The number of carbonyl (C=O) groups excluding carboxylic acids is 1. The minimum atomic E-state index is -3.51. The predicted molar refractivity (Wildman–Crippen MR) is 125 cm³/mol. The first-order chi connectivity index (χ1) is 15.5. The third kappa shape index (κ3) is 5.04. The number of benzene rings is 1. The molecule has 0 unspecified atom stereocenters. The van der Waals surface area contributed by atoms with Crippen molar-refractivity contribution >= 4 is 32.3 Å². The molecule has 1 aromatic carbocycles. The Morgan fingerprint density at radius 3 is 2.41 bits per heavy atom. The molecule has 0 spiro atoms. The number of nitrogens with one attached hydrogen (secondary N) is 1. The molecule has 0 radical (unpaired) electrons. The Bertz CT molecular complexity index is 1100. The molecule has 1 amide bonds. The van der Waals surface area contributed by atoms with Gasteiger partial charge in [0.1, 0.15) is 11.1 Å². The topological polar surface area (TPSA) is 93.5 Å². The van der Waals surface area contributed by atoms with Gasteiger partial charge in [0.15, 0.2) is 0 Å². The summed E-state index contributed by atoms with van der Waals surface area (Å²) in [6, 6.07) is 10.7. The monoisotopic (exact) mass is 472 g/mol. The second kappa shape index (κ2) is 10.1. The Morgan fingerprint density at radius 2 is 1.72 bits per heavy atom. The third-order valence-electron chi connectivity index (χ3n) is 6.12. The molecular weight excluding hydrogens is 444 g/mol. The molecular formula is C23H28N4O3S2. The number of thiophene rings is 1. The predicted octanol–water partition coefficient (Wildman–Crippen LogP) is 3.22. The number of nitriles is 1. The molecule has 32 heavy (non-hydrogen) atoms. The largest absolute Gasteiger partial charge is 0.315 e. The average Bonchev–Trinajstić information content (AvgIpc) is 3.09. The first-order valence-electron chi connectivity index (χ1n) is 11.1. The van der Waals surface area contributed by atoms with Crippen LogP contribution in [0.4, 0.5) is 5.00 Å². The van der Waals surface area contributed by atoms with E-state index in [0.717, 1.165) is 31.2 Å². The Labute approximate surface area is 193 Å². The summed E-state index contributed by atoms with van der Waals surface area (Å²) in [6.07, 6.45) is 6.50. The van der Waals surface area contributed by atoms with Gasteiger partial charge in [0.25, 0.3) is 0 Å². The highest BCUT2D eigenvalue weighted by Gasteiger charge is 2.29. The van der Waals surface area contributed by atoms with E-state index >= 15 is 0 Å². The molecule has 2 aliphatic rings. The van der Waals surface area contributed by atoms with Crippen LogP contribution in [0, 0.1) is 11.3 Å². The lowest BCUT2D eigenvalue weighted by Gasteiger charge is -2.33. The highest BCUT2D eigenvalue weighted by Crippen LogP contribution is 2.36. The molecule has 0 bridgehead atoms. The molecule has 170 valence electrons. The number of carbonyl (C=O) groups is 1. The molecule has 2 heterocycles. The van der Waals surface area contributed by atoms with Crippen molar-refractivity contribution in [3.05, 3.63) is 46.3 Å². The first-order valence-corrected chi connectivity index (χ1v) is 13.4. The quantitative estimate of drug-likeness (QED) is 0.721. The molecule has 1 saturated heterocycles. The lowest BCUT2D eigenvalue weighted by atomic mass is 9.97. The van der Waals surface area contributed by atoms with Crippen molar-refractivity contribution in [3.8, 4) is 6.07 Å². The number of hydrogen-bond donors (Lipinski definition) is 1. The van der Waals surface area contributed by atoms with Gasteiger partial charge in [-0.15, -0.1) is 11.3 Å². The summed E-state index contributed by atoms with van der Waals surface area (Å²) in [4.78, 5) is 16.2. The molecule has 1 fully saturated rings. The number of rotatable bonds is 5. The standard InChI is InChI=1S/C23H28N4O3S2/c24-16-20-19-10-6-1-2-7-11-21(19)31-23(20)25-22(28)17-26-12-14-27(15-13-26)32(29,30)18-8-4-3-5-9-18/h3-5,8-9H,1-2,6-7,10-15,17H2,(H,25,28). The van der Waals surface area contributed by atoms with Crippen LogP contribution in [-0.2, 0) is 27.7 Å². The zero-order valence-corrected chi connectivity index (χ0v) is 19.7. The summed E-state index contributed by atoms with van der Waals surface area (Å²) in [5.41, 5.74) is 1.74. The van der Waals surface area contributed by atoms with Crippen LogP contribution in [-0.4, -0.2) is 56.3 Å². The number of fused-ring (bicyclic) bond motifs is 1. The van der Waals surface area contributed by atoms with Crippen molar-refractivity contribution in [1.29, 1.82) is 5.26 Å². The summed E-state index contributed by atoms with van der Waals surface area (Å²) in [5.74, 6) is -0.157. The number of amides is 1. The molecule has 2 aromatic rings. The summed E-state index contributed by atoms with van der Waals surface area (Å²) < 4.78 is 27.0. The van der Waals surface area contributed by atoms with E-state index in [2.05, 4.69) is 11.4 Å². The maximum absolute atomic E-state index is 12.8. The van der Waals surface area contributed by atoms with E-state index in [9.17, 15) is 18.5 Å². The molecule has 1 aromatic heterocycles. The van der Waals surface area contributed by atoms with E-state index in [1.54, 1.807) is 41.7 Å². The summed E-state index contributed by atoms with van der Waals surface area (Å²) in [6.45, 7) is 1.87. The third-order valence-corrected chi connectivity index (χ3v) is 9.24. The summed E-state index contributed by atoms with van der Waals surface area (Å²) >= 11 is 1.54. The molecule has 4 rings (SSSR count). The lowest BCUT2D eigenvalue weighted by molar-refractivity contribution is -0.117. The zero-order valence-electron chi connectivity index (χ0n) is 18.0. The van der Waals surface area contributed by atoms with Crippen LogP contribution < -0.4 is 5.32 Å². The lowest BCUT2D eigenvalue weighted by Crippen LogP contribution is -2.50. The molecule has 7 nitrogen and oxygen atoms in total. The Morgan fingerprint density at radius 1 is 1.03 bits per heavy atom. The van der Waals surface area contributed by atoms with Gasteiger partial charge >= 0.3 is 0 Å². The normalized spacial score (nSPS) is 18.2. The number of piperazine rings is 1. The van der Waals surface area contributed by atoms with E-state index in [1.165, 1.54) is 22.0 Å². The van der Waals surface area contributed by atoms with Crippen molar-refractivity contribution in [2.45, 2.75) is 43.4 Å². The minimum absolute atomic E-state index is 0.157. The number of anilines is 1. The second-order valence-corrected chi connectivity index (χ2v) is 11.3. The molecule has 1 N–H and O–H groups in total.